The molecule has 0 radical (unpaired) electrons. The van der Waals surface area contributed by atoms with E-state index in [9.17, 15) is 9.90 Å². The van der Waals surface area contributed by atoms with Gasteiger partial charge in [-0.3, -0.25) is 4.79 Å². The third-order valence-electron chi connectivity index (χ3n) is 4.17. The van der Waals surface area contributed by atoms with Gasteiger partial charge < -0.3 is 9.84 Å². The Morgan fingerprint density at radius 1 is 0.923 bits per heavy atom. The maximum Gasteiger partial charge on any atom is 0.311 e. The maximum absolute atomic E-state index is 12.0. The quantitative estimate of drug-likeness (QED) is 0.563. The van der Waals surface area contributed by atoms with E-state index >= 15 is 0 Å². The number of carbonyl (C=O) groups is 1. The minimum absolute atomic E-state index is 0.396. The fraction of sp³-hybridized carbons (Fsp3) is 0.136. The second kappa shape index (κ2) is 8.68. The minimum atomic E-state index is -0.864. The molecule has 0 aliphatic rings. The Labute approximate surface area is 161 Å². The van der Waals surface area contributed by atoms with Gasteiger partial charge in [-0.05, 0) is 35.7 Å². The molecule has 3 rings (SSSR count). The Morgan fingerprint density at radius 3 is 2.15 bits per heavy atom. The van der Waals surface area contributed by atoms with Crippen LogP contribution < -0.4 is 4.74 Å². The van der Waals surface area contributed by atoms with Gasteiger partial charge in [-0.25, -0.2) is 0 Å². The molecule has 3 aromatic rings. The van der Waals surface area contributed by atoms with Gasteiger partial charge in [0.2, 0.25) is 0 Å². The molecular formula is C22H19BrO3. The van der Waals surface area contributed by atoms with Crippen LogP contribution >= 0.6 is 15.9 Å². The van der Waals surface area contributed by atoms with Crippen LogP contribution in [0.5, 0.6) is 5.75 Å². The van der Waals surface area contributed by atoms with E-state index in [1.165, 1.54) is 0 Å². The number of benzene rings is 3. The molecule has 132 valence electrons. The zero-order valence-corrected chi connectivity index (χ0v) is 15.7. The van der Waals surface area contributed by atoms with E-state index in [4.69, 9.17) is 4.74 Å². The van der Waals surface area contributed by atoms with E-state index in [0.29, 0.717) is 24.3 Å². The summed E-state index contributed by atoms with van der Waals surface area (Å²) in [7, 11) is 0. The predicted octanol–water partition coefficient (Wildman–Crippen LogP) is 5.44. The lowest BCUT2D eigenvalue weighted by molar-refractivity contribution is -0.138. The number of ether oxygens (including phenoxy) is 1. The Morgan fingerprint density at radius 2 is 1.54 bits per heavy atom. The highest BCUT2D eigenvalue weighted by molar-refractivity contribution is 9.10. The Balaban J connectivity index is 1.88. The topological polar surface area (TPSA) is 46.5 Å². The molecule has 0 saturated carbocycles. The smallest absolute Gasteiger partial charge is 0.311 e. The number of hydrogen-bond donors (Lipinski definition) is 1. The highest BCUT2D eigenvalue weighted by Gasteiger charge is 2.24. The van der Waals surface area contributed by atoms with Crippen LogP contribution in [0.15, 0.2) is 83.3 Å². The summed E-state index contributed by atoms with van der Waals surface area (Å²) in [6.45, 7) is 0.396. The molecule has 0 amide bonds. The second-order valence-corrected chi connectivity index (χ2v) is 6.95. The summed E-state index contributed by atoms with van der Waals surface area (Å²) in [5, 5.41) is 9.82. The summed E-state index contributed by atoms with van der Waals surface area (Å²) in [4.78, 5) is 12.0. The van der Waals surface area contributed by atoms with Crippen LogP contribution in [-0.2, 0) is 17.8 Å². The van der Waals surface area contributed by atoms with Crippen molar-refractivity contribution in [2.75, 3.05) is 0 Å². The summed E-state index contributed by atoms with van der Waals surface area (Å²) in [5.74, 6) is -0.947. The Hall–Kier alpha value is -2.59. The number of carboxylic acid groups (broad SMARTS) is 1. The normalized spacial score (nSPS) is 11.7. The van der Waals surface area contributed by atoms with Crippen molar-refractivity contribution in [3.05, 3.63) is 100 Å². The van der Waals surface area contributed by atoms with Crippen LogP contribution in [0.3, 0.4) is 0 Å². The average Bonchev–Trinajstić information content (AvgIpc) is 2.66. The van der Waals surface area contributed by atoms with Crippen molar-refractivity contribution in [2.24, 2.45) is 0 Å². The van der Waals surface area contributed by atoms with Crippen molar-refractivity contribution in [2.45, 2.75) is 18.9 Å². The SMILES string of the molecule is O=C(O)[C@H](Cc1ccccc1)c1cc(Br)ccc1OCc1ccccc1. The number of halogens is 1. The highest BCUT2D eigenvalue weighted by atomic mass is 79.9. The van der Waals surface area contributed by atoms with E-state index in [2.05, 4.69) is 15.9 Å². The van der Waals surface area contributed by atoms with Gasteiger partial charge in [-0.2, -0.15) is 0 Å². The molecule has 0 spiro atoms. The standard InChI is InChI=1S/C22H19BrO3/c23-18-11-12-21(26-15-17-9-5-2-6-10-17)19(14-18)20(22(24)25)13-16-7-3-1-4-8-16/h1-12,14,20H,13,15H2,(H,24,25)/t20-/m1/s1. The molecule has 0 heterocycles. The average molecular weight is 411 g/mol. The van der Waals surface area contributed by atoms with E-state index in [1.54, 1.807) is 0 Å². The van der Waals surface area contributed by atoms with Crippen molar-refractivity contribution in [3.8, 4) is 5.75 Å². The van der Waals surface area contributed by atoms with Crippen LogP contribution in [-0.4, -0.2) is 11.1 Å². The summed E-state index contributed by atoms with van der Waals surface area (Å²) >= 11 is 3.45. The molecule has 4 heteroatoms. The minimum Gasteiger partial charge on any atom is -0.489 e. The molecule has 0 aromatic heterocycles. The molecule has 0 aliphatic carbocycles. The van der Waals surface area contributed by atoms with Gasteiger partial charge in [0.25, 0.3) is 0 Å². The van der Waals surface area contributed by atoms with Crippen molar-refractivity contribution in [1.29, 1.82) is 0 Å². The van der Waals surface area contributed by atoms with Crippen LogP contribution in [0.25, 0.3) is 0 Å². The maximum atomic E-state index is 12.0. The summed E-state index contributed by atoms with van der Waals surface area (Å²) in [5.41, 5.74) is 2.69. The molecule has 3 aromatic carbocycles. The second-order valence-electron chi connectivity index (χ2n) is 6.04. The van der Waals surface area contributed by atoms with Gasteiger partial charge in [0, 0.05) is 10.0 Å². The lowest BCUT2D eigenvalue weighted by Gasteiger charge is -2.18. The molecule has 1 atom stereocenters. The number of rotatable bonds is 7. The van der Waals surface area contributed by atoms with Gasteiger partial charge in [-0.1, -0.05) is 76.6 Å². The molecule has 1 N–H and O–H groups in total. The highest BCUT2D eigenvalue weighted by Crippen LogP contribution is 2.33. The van der Waals surface area contributed by atoms with Gasteiger partial charge >= 0.3 is 5.97 Å². The van der Waals surface area contributed by atoms with Gasteiger partial charge in [0.05, 0.1) is 5.92 Å². The lowest BCUT2D eigenvalue weighted by Crippen LogP contribution is -2.16. The van der Waals surface area contributed by atoms with Gasteiger partial charge in [0.1, 0.15) is 12.4 Å². The van der Waals surface area contributed by atoms with Gasteiger partial charge in [0.15, 0.2) is 0 Å². The molecule has 3 nitrogen and oxygen atoms in total. The first-order valence-corrected chi connectivity index (χ1v) is 9.15. The van der Waals surface area contributed by atoms with E-state index in [-0.39, 0.29) is 0 Å². The predicted molar refractivity (Wildman–Crippen MR) is 105 cm³/mol. The number of hydrogen-bond acceptors (Lipinski definition) is 2. The molecule has 0 aliphatic heterocycles. The summed E-state index contributed by atoms with van der Waals surface area (Å²) in [6, 6.07) is 25.0. The van der Waals surface area contributed by atoms with Crippen molar-refractivity contribution in [3.63, 3.8) is 0 Å². The lowest BCUT2D eigenvalue weighted by atomic mass is 9.91. The zero-order chi connectivity index (χ0) is 18.4. The van der Waals surface area contributed by atoms with Crippen LogP contribution in [0.4, 0.5) is 0 Å². The first-order chi connectivity index (χ1) is 12.6. The first kappa shape index (κ1) is 18.2. The summed E-state index contributed by atoms with van der Waals surface area (Å²) < 4.78 is 6.80. The van der Waals surface area contributed by atoms with Gasteiger partial charge in [-0.15, -0.1) is 0 Å². The molecular weight excluding hydrogens is 392 g/mol. The fourth-order valence-corrected chi connectivity index (χ4v) is 3.22. The van der Waals surface area contributed by atoms with Crippen molar-refractivity contribution in [1.82, 2.24) is 0 Å². The summed E-state index contributed by atoms with van der Waals surface area (Å²) in [6.07, 6.45) is 0.411. The van der Waals surface area contributed by atoms with Crippen LogP contribution in [0, 0.1) is 0 Å². The third kappa shape index (κ3) is 4.73. The van der Waals surface area contributed by atoms with Crippen LogP contribution in [0.1, 0.15) is 22.6 Å². The monoisotopic (exact) mass is 410 g/mol. The molecule has 0 bridgehead atoms. The van der Waals surface area contributed by atoms with Crippen molar-refractivity contribution < 1.29 is 14.6 Å². The molecule has 26 heavy (non-hydrogen) atoms. The molecule has 0 unspecified atom stereocenters. The first-order valence-electron chi connectivity index (χ1n) is 8.36. The Kier molecular flexibility index (Phi) is 6.08. The Bertz CT molecular complexity index is 863. The molecule has 0 fully saturated rings. The number of carboxylic acids is 1. The molecule has 0 saturated heterocycles. The number of aliphatic carboxylic acids is 1. The van der Waals surface area contributed by atoms with E-state index in [1.807, 2.05) is 78.9 Å². The third-order valence-corrected chi connectivity index (χ3v) is 4.66. The largest absolute Gasteiger partial charge is 0.489 e. The van der Waals surface area contributed by atoms with Crippen LogP contribution in [0.2, 0.25) is 0 Å². The van der Waals surface area contributed by atoms with Crippen molar-refractivity contribution >= 4 is 21.9 Å². The zero-order valence-electron chi connectivity index (χ0n) is 14.1. The fourth-order valence-electron chi connectivity index (χ4n) is 2.84. The van der Waals surface area contributed by atoms with E-state index in [0.717, 1.165) is 15.6 Å². The van der Waals surface area contributed by atoms with E-state index < -0.39 is 11.9 Å².